The standard InChI is InChI=1S/C19H26N4O2/c1-20-19(23-13-10-16-7-3-4-11-21-16)22-12-6-14-25-18-9-5-8-17(15-18)24-2/h3-5,7-9,11,15H,6,10,12-14H2,1-2H3,(H2,20,22,23). The van der Waals surface area contributed by atoms with E-state index >= 15 is 0 Å². The molecule has 134 valence electrons. The third kappa shape index (κ3) is 7.12. The minimum absolute atomic E-state index is 0.630. The molecule has 1 heterocycles. The van der Waals surface area contributed by atoms with E-state index in [4.69, 9.17) is 9.47 Å². The van der Waals surface area contributed by atoms with E-state index in [2.05, 4.69) is 20.6 Å². The molecule has 1 aromatic heterocycles. The van der Waals surface area contributed by atoms with Crippen LogP contribution < -0.4 is 20.1 Å². The predicted molar refractivity (Wildman–Crippen MR) is 100 cm³/mol. The average molecular weight is 342 g/mol. The summed E-state index contributed by atoms with van der Waals surface area (Å²) in [4.78, 5) is 8.52. The molecule has 2 rings (SSSR count). The molecule has 0 amide bonds. The second-order valence-corrected chi connectivity index (χ2v) is 5.38. The van der Waals surface area contributed by atoms with Crippen LogP contribution in [0.25, 0.3) is 0 Å². The van der Waals surface area contributed by atoms with Gasteiger partial charge in [-0.25, -0.2) is 0 Å². The van der Waals surface area contributed by atoms with Gasteiger partial charge in [0.25, 0.3) is 0 Å². The summed E-state index contributed by atoms with van der Waals surface area (Å²) in [5.41, 5.74) is 1.07. The summed E-state index contributed by atoms with van der Waals surface area (Å²) in [6.45, 7) is 2.20. The van der Waals surface area contributed by atoms with Gasteiger partial charge in [-0.3, -0.25) is 9.98 Å². The van der Waals surface area contributed by atoms with Gasteiger partial charge in [0, 0.05) is 44.5 Å². The number of methoxy groups -OCH3 is 1. The van der Waals surface area contributed by atoms with Crippen LogP contribution in [0.4, 0.5) is 0 Å². The van der Waals surface area contributed by atoms with E-state index in [1.165, 1.54) is 0 Å². The van der Waals surface area contributed by atoms with Crippen molar-refractivity contribution in [3.05, 3.63) is 54.4 Å². The molecule has 2 aromatic rings. The summed E-state index contributed by atoms with van der Waals surface area (Å²) < 4.78 is 10.9. The fraction of sp³-hybridized carbons (Fsp3) is 0.368. The maximum absolute atomic E-state index is 5.71. The maximum Gasteiger partial charge on any atom is 0.190 e. The Labute approximate surface area is 149 Å². The molecule has 0 saturated heterocycles. The van der Waals surface area contributed by atoms with Gasteiger partial charge in [-0.2, -0.15) is 0 Å². The number of aliphatic imine (C=N–C) groups is 1. The molecule has 0 bridgehead atoms. The molecule has 0 aliphatic heterocycles. The van der Waals surface area contributed by atoms with E-state index in [1.54, 1.807) is 14.2 Å². The maximum atomic E-state index is 5.71. The minimum Gasteiger partial charge on any atom is -0.497 e. The van der Waals surface area contributed by atoms with Crippen molar-refractivity contribution in [2.45, 2.75) is 12.8 Å². The van der Waals surface area contributed by atoms with Gasteiger partial charge in [0.05, 0.1) is 13.7 Å². The summed E-state index contributed by atoms with van der Waals surface area (Å²) in [6, 6.07) is 13.6. The Balaban J connectivity index is 1.59. The van der Waals surface area contributed by atoms with E-state index in [-0.39, 0.29) is 0 Å². The molecule has 0 unspecified atom stereocenters. The van der Waals surface area contributed by atoms with Crippen LogP contribution in [0.5, 0.6) is 11.5 Å². The van der Waals surface area contributed by atoms with Gasteiger partial charge >= 0.3 is 0 Å². The predicted octanol–water partition coefficient (Wildman–Crippen LogP) is 2.27. The summed E-state index contributed by atoms with van der Waals surface area (Å²) in [5.74, 6) is 2.41. The van der Waals surface area contributed by atoms with Gasteiger partial charge in [-0.15, -0.1) is 0 Å². The highest BCUT2D eigenvalue weighted by molar-refractivity contribution is 5.79. The molecule has 2 N–H and O–H groups in total. The Morgan fingerprint density at radius 1 is 1.08 bits per heavy atom. The van der Waals surface area contributed by atoms with Crippen molar-refractivity contribution in [1.82, 2.24) is 15.6 Å². The van der Waals surface area contributed by atoms with Crippen molar-refractivity contribution in [2.24, 2.45) is 4.99 Å². The van der Waals surface area contributed by atoms with Crippen molar-refractivity contribution in [2.75, 3.05) is 33.9 Å². The van der Waals surface area contributed by atoms with Gasteiger partial charge in [-0.05, 0) is 30.7 Å². The van der Waals surface area contributed by atoms with Crippen LogP contribution in [-0.2, 0) is 6.42 Å². The summed E-state index contributed by atoms with van der Waals surface area (Å²) >= 11 is 0. The van der Waals surface area contributed by atoms with Crippen molar-refractivity contribution >= 4 is 5.96 Å². The number of benzene rings is 1. The Morgan fingerprint density at radius 2 is 1.92 bits per heavy atom. The van der Waals surface area contributed by atoms with Gasteiger partial charge in [-0.1, -0.05) is 12.1 Å². The van der Waals surface area contributed by atoms with Crippen molar-refractivity contribution in [3.8, 4) is 11.5 Å². The molecule has 6 nitrogen and oxygen atoms in total. The molecule has 1 aromatic carbocycles. The number of ether oxygens (including phenoxy) is 2. The first-order valence-corrected chi connectivity index (χ1v) is 8.43. The van der Waals surface area contributed by atoms with E-state index in [0.29, 0.717) is 6.61 Å². The van der Waals surface area contributed by atoms with Crippen molar-refractivity contribution in [1.29, 1.82) is 0 Å². The Morgan fingerprint density at radius 3 is 2.68 bits per heavy atom. The Hall–Kier alpha value is -2.76. The molecular formula is C19H26N4O2. The van der Waals surface area contributed by atoms with Gasteiger partial charge < -0.3 is 20.1 Å². The van der Waals surface area contributed by atoms with Crippen LogP contribution in [0.3, 0.4) is 0 Å². The minimum atomic E-state index is 0.630. The quantitative estimate of drug-likeness (QED) is 0.416. The lowest BCUT2D eigenvalue weighted by atomic mass is 10.3. The van der Waals surface area contributed by atoms with Gasteiger partial charge in [0.1, 0.15) is 11.5 Å². The molecule has 0 atom stereocenters. The van der Waals surface area contributed by atoms with E-state index in [0.717, 1.165) is 49.1 Å². The number of rotatable bonds is 9. The average Bonchev–Trinajstić information content (AvgIpc) is 2.67. The number of hydrogen-bond acceptors (Lipinski definition) is 4. The number of nitrogens with one attached hydrogen (secondary N) is 2. The van der Waals surface area contributed by atoms with Crippen LogP contribution in [0.15, 0.2) is 53.7 Å². The van der Waals surface area contributed by atoms with Crippen molar-refractivity contribution in [3.63, 3.8) is 0 Å². The van der Waals surface area contributed by atoms with Crippen molar-refractivity contribution < 1.29 is 9.47 Å². The molecule has 0 saturated carbocycles. The first kappa shape index (κ1) is 18.6. The lowest BCUT2D eigenvalue weighted by molar-refractivity contribution is 0.308. The third-order valence-corrected chi connectivity index (χ3v) is 3.55. The lowest BCUT2D eigenvalue weighted by Crippen LogP contribution is -2.39. The number of hydrogen-bond donors (Lipinski definition) is 2. The highest BCUT2D eigenvalue weighted by Gasteiger charge is 1.99. The zero-order chi connectivity index (χ0) is 17.7. The zero-order valence-electron chi connectivity index (χ0n) is 14.9. The van der Waals surface area contributed by atoms with Crippen LogP contribution in [-0.4, -0.2) is 44.8 Å². The second kappa shape index (κ2) is 10.9. The normalized spacial score (nSPS) is 11.0. The highest BCUT2D eigenvalue weighted by atomic mass is 16.5. The lowest BCUT2D eigenvalue weighted by Gasteiger charge is -2.12. The Kier molecular flexibility index (Phi) is 8.11. The number of aromatic nitrogens is 1. The largest absolute Gasteiger partial charge is 0.497 e. The Bertz CT molecular complexity index is 647. The van der Waals surface area contributed by atoms with Gasteiger partial charge in [0.2, 0.25) is 0 Å². The number of nitrogens with zero attached hydrogens (tertiary/aromatic N) is 2. The first-order chi connectivity index (χ1) is 12.3. The number of pyridine rings is 1. The molecule has 0 spiro atoms. The molecular weight excluding hydrogens is 316 g/mol. The monoisotopic (exact) mass is 342 g/mol. The number of guanidine groups is 1. The summed E-state index contributed by atoms with van der Waals surface area (Å²) in [6.07, 6.45) is 3.55. The van der Waals surface area contributed by atoms with Crippen LogP contribution in [0.1, 0.15) is 12.1 Å². The fourth-order valence-electron chi connectivity index (χ4n) is 2.24. The van der Waals surface area contributed by atoms with Crippen LogP contribution in [0.2, 0.25) is 0 Å². The van der Waals surface area contributed by atoms with Crippen LogP contribution in [0, 0.1) is 0 Å². The second-order valence-electron chi connectivity index (χ2n) is 5.38. The summed E-state index contributed by atoms with van der Waals surface area (Å²) in [7, 11) is 3.42. The first-order valence-electron chi connectivity index (χ1n) is 8.43. The summed E-state index contributed by atoms with van der Waals surface area (Å²) in [5, 5.41) is 6.56. The fourth-order valence-corrected chi connectivity index (χ4v) is 2.24. The molecule has 0 fully saturated rings. The zero-order valence-corrected chi connectivity index (χ0v) is 14.9. The molecule has 0 aliphatic rings. The van der Waals surface area contributed by atoms with Crippen LogP contribution >= 0.6 is 0 Å². The highest BCUT2D eigenvalue weighted by Crippen LogP contribution is 2.18. The molecule has 0 radical (unpaired) electrons. The molecule has 6 heteroatoms. The SMILES string of the molecule is CN=C(NCCCOc1cccc(OC)c1)NCCc1ccccn1. The third-order valence-electron chi connectivity index (χ3n) is 3.55. The van der Waals surface area contributed by atoms with E-state index < -0.39 is 0 Å². The van der Waals surface area contributed by atoms with Gasteiger partial charge in [0.15, 0.2) is 5.96 Å². The van der Waals surface area contributed by atoms with E-state index in [9.17, 15) is 0 Å². The molecule has 0 aliphatic carbocycles. The topological polar surface area (TPSA) is 67.8 Å². The van der Waals surface area contributed by atoms with E-state index in [1.807, 2.05) is 48.7 Å². The molecule has 25 heavy (non-hydrogen) atoms. The smallest absolute Gasteiger partial charge is 0.190 e.